The lowest BCUT2D eigenvalue weighted by Gasteiger charge is -2.40. The zero-order chi connectivity index (χ0) is 17.3. The summed E-state index contributed by atoms with van der Waals surface area (Å²) < 4.78 is 26.5. The van der Waals surface area contributed by atoms with Gasteiger partial charge in [-0.15, -0.1) is 0 Å². The van der Waals surface area contributed by atoms with Crippen molar-refractivity contribution in [1.29, 1.82) is 0 Å². The summed E-state index contributed by atoms with van der Waals surface area (Å²) in [6, 6.07) is 4.31. The van der Waals surface area contributed by atoms with Gasteiger partial charge in [-0.25, -0.2) is 8.78 Å². The monoisotopic (exact) mass is 336 g/mol. The van der Waals surface area contributed by atoms with E-state index in [2.05, 4.69) is 12.2 Å². The van der Waals surface area contributed by atoms with Crippen molar-refractivity contribution in [2.24, 2.45) is 11.8 Å². The van der Waals surface area contributed by atoms with E-state index in [4.69, 9.17) is 0 Å². The summed E-state index contributed by atoms with van der Waals surface area (Å²) in [5, 5.41) is 3.56. The molecule has 5 heteroatoms. The fourth-order valence-electron chi connectivity index (χ4n) is 3.65. The first-order valence-corrected chi connectivity index (χ1v) is 8.99. The van der Waals surface area contributed by atoms with Crippen molar-refractivity contribution in [2.75, 3.05) is 13.1 Å². The lowest BCUT2D eigenvalue weighted by atomic mass is 9.88. The number of piperidine rings is 1. The van der Waals surface area contributed by atoms with Crippen LogP contribution in [-0.2, 0) is 4.79 Å². The molecule has 1 N–H and O–H groups in total. The zero-order valence-electron chi connectivity index (χ0n) is 14.4. The fraction of sp³-hybridized carbons (Fsp3) is 0.632. The summed E-state index contributed by atoms with van der Waals surface area (Å²) in [5.74, 6) is -0.634. The van der Waals surface area contributed by atoms with Crippen LogP contribution in [0.4, 0.5) is 8.78 Å². The lowest BCUT2D eigenvalue weighted by molar-refractivity contribution is -0.134. The molecule has 3 rings (SSSR count). The van der Waals surface area contributed by atoms with Crippen molar-refractivity contribution in [3.63, 3.8) is 0 Å². The minimum atomic E-state index is -0.815. The van der Waals surface area contributed by atoms with Crippen molar-refractivity contribution in [3.05, 3.63) is 35.4 Å². The highest BCUT2D eigenvalue weighted by atomic mass is 19.2. The van der Waals surface area contributed by atoms with Crippen LogP contribution in [-0.4, -0.2) is 29.9 Å². The third kappa shape index (κ3) is 3.77. The zero-order valence-corrected chi connectivity index (χ0v) is 14.4. The number of benzene rings is 1. The number of rotatable bonds is 5. The smallest absolute Gasteiger partial charge is 0.225 e. The lowest BCUT2D eigenvalue weighted by Crippen LogP contribution is -2.51. The van der Waals surface area contributed by atoms with Gasteiger partial charge in [-0.2, -0.15) is 0 Å². The summed E-state index contributed by atoms with van der Waals surface area (Å²) >= 11 is 0. The number of hydrogen-bond donors (Lipinski definition) is 1. The first kappa shape index (κ1) is 17.3. The van der Waals surface area contributed by atoms with Gasteiger partial charge in [0.1, 0.15) is 0 Å². The number of hydrogen-bond acceptors (Lipinski definition) is 2. The molecule has 1 heterocycles. The molecule has 0 unspecified atom stereocenters. The van der Waals surface area contributed by atoms with Gasteiger partial charge in [0.2, 0.25) is 5.91 Å². The number of carbonyl (C=O) groups is 1. The summed E-state index contributed by atoms with van der Waals surface area (Å²) in [6.07, 6.45) is 3.99. The van der Waals surface area contributed by atoms with E-state index in [1.807, 2.05) is 11.8 Å². The molecule has 0 aromatic heterocycles. The van der Waals surface area contributed by atoms with Crippen molar-refractivity contribution < 1.29 is 13.6 Å². The van der Waals surface area contributed by atoms with E-state index < -0.39 is 11.6 Å². The maximum absolute atomic E-state index is 13.4. The SMILES string of the molecule is CC[C@@H]1CN(C(=O)C2CC2)CC[C@H]1N[C@@H](C)c1ccc(F)c(F)c1. The van der Waals surface area contributed by atoms with Gasteiger partial charge in [0.15, 0.2) is 11.6 Å². The Balaban J connectivity index is 1.61. The van der Waals surface area contributed by atoms with E-state index in [0.29, 0.717) is 17.9 Å². The highest BCUT2D eigenvalue weighted by Gasteiger charge is 2.37. The quantitative estimate of drug-likeness (QED) is 0.890. The van der Waals surface area contributed by atoms with Gasteiger partial charge in [0, 0.05) is 31.1 Å². The molecule has 1 saturated heterocycles. The standard InChI is InChI=1S/C19H26F2N2O/c1-3-13-11-23(19(24)14-4-5-14)9-8-18(13)22-12(2)15-6-7-16(20)17(21)10-15/h6-7,10,12-14,18,22H,3-5,8-9,11H2,1-2H3/t12-,13+,18+/m0/s1. The minimum absolute atomic E-state index is 0.0511. The molecular formula is C19H26F2N2O. The van der Waals surface area contributed by atoms with Gasteiger partial charge in [-0.1, -0.05) is 19.4 Å². The highest BCUT2D eigenvalue weighted by Crippen LogP contribution is 2.33. The molecule has 1 saturated carbocycles. The molecule has 1 aromatic rings. The second-order valence-corrected chi connectivity index (χ2v) is 7.18. The first-order valence-electron chi connectivity index (χ1n) is 8.99. The Morgan fingerprint density at radius 2 is 2.04 bits per heavy atom. The molecular weight excluding hydrogens is 310 g/mol. The Bertz CT molecular complexity index is 603. The fourth-order valence-corrected chi connectivity index (χ4v) is 3.65. The molecule has 1 aromatic carbocycles. The van der Waals surface area contributed by atoms with Gasteiger partial charge in [0.05, 0.1) is 0 Å². The summed E-state index contributed by atoms with van der Waals surface area (Å²) in [5.41, 5.74) is 0.750. The second kappa shape index (κ2) is 7.18. The average Bonchev–Trinajstić information content (AvgIpc) is 3.42. The molecule has 2 fully saturated rings. The van der Waals surface area contributed by atoms with Crippen LogP contribution in [0.2, 0.25) is 0 Å². The van der Waals surface area contributed by atoms with Gasteiger partial charge in [-0.05, 0) is 49.8 Å². The molecule has 0 spiro atoms. The Labute approximate surface area is 142 Å². The minimum Gasteiger partial charge on any atom is -0.342 e. The molecule has 132 valence electrons. The Morgan fingerprint density at radius 3 is 2.67 bits per heavy atom. The molecule has 2 aliphatic rings. The number of nitrogens with one attached hydrogen (secondary N) is 1. The van der Waals surface area contributed by atoms with Gasteiger partial charge in [-0.3, -0.25) is 4.79 Å². The molecule has 3 nitrogen and oxygen atoms in total. The Kier molecular flexibility index (Phi) is 5.18. The van der Waals surface area contributed by atoms with Gasteiger partial charge in [0.25, 0.3) is 0 Å². The van der Waals surface area contributed by atoms with Crippen LogP contribution in [0.15, 0.2) is 18.2 Å². The summed E-state index contributed by atoms with van der Waals surface area (Å²) in [7, 11) is 0. The van der Waals surface area contributed by atoms with E-state index in [1.54, 1.807) is 6.07 Å². The third-order valence-corrected chi connectivity index (χ3v) is 5.40. The number of carbonyl (C=O) groups excluding carboxylic acids is 1. The third-order valence-electron chi connectivity index (χ3n) is 5.40. The topological polar surface area (TPSA) is 32.3 Å². The van der Waals surface area contributed by atoms with Crippen molar-refractivity contribution >= 4 is 5.91 Å². The van der Waals surface area contributed by atoms with Crippen LogP contribution in [0.25, 0.3) is 0 Å². The van der Waals surface area contributed by atoms with Crippen LogP contribution in [0.1, 0.15) is 51.1 Å². The Morgan fingerprint density at radius 1 is 1.29 bits per heavy atom. The molecule has 1 aliphatic carbocycles. The molecule has 0 bridgehead atoms. The van der Waals surface area contributed by atoms with Crippen LogP contribution >= 0.6 is 0 Å². The van der Waals surface area contributed by atoms with Crippen LogP contribution in [0, 0.1) is 23.5 Å². The van der Waals surface area contributed by atoms with Gasteiger partial charge >= 0.3 is 0 Å². The summed E-state index contributed by atoms with van der Waals surface area (Å²) in [6.45, 7) is 5.70. The van der Waals surface area contributed by atoms with Crippen LogP contribution in [0.5, 0.6) is 0 Å². The molecule has 1 aliphatic heterocycles. The van der Waals surface area contributed by atoms with Crippen LogP contribution in [0.3, 0.4) is 0 Å². The van der Waals surface area contributed by atoms with E-state index in [-0.39, 0.29) is 12.0 Å². The van der Waals surface area contributed by atoms with E-state index in [1.165, 1.54) is 12.1 Å². The van der Waals surface area contributed by atoms with E-state index >= 15 is 0 Å². The van der Waals surface area contributed by atoms with Crippen molar-refractivity contribution in [3.8, 4) is 0 Å². The number of likely N-dealkylation sites (tertiary alicyclic amines) is 1. The largest absolute Gasteiger partial charge is 0.342 e. The number of nitrogens with zero attached hydrogens (tertiary/aromatic N) is 1. The molecule has 24 heavy (non-hydrogen) atoms. The normalized spacial score (nSPS) is 25.6. The number of amides is 1. The maximum atomic E-state index is 13.4. The van der Waals surface area contributed by atoms with Crippen molar-refractivity contribution in [1.82, 2.24) is 10.2 Å². The first-order chi connectivity index (χ1) is 11.5. The predicted octanol–water partition coefficient (Wildman–Crippen LogP) is 3.65. The second-order valence-electron chi connectivity index (χ2n) is 7.18. The van der Waals surface area contributed by atoms with E-state index in [0.717, 1.165) is 44.3 Å². The molecule has 0 radical (unpaired) electrons. The molecule has 1 amide bonds. The highest BCUT2D eigenvalue weighted by molar-refractivity contribution is 5.81. The van der Waals surface area contributed by atoms with Gasteiger partial charge < -0.3 is 10.2 Å². The summed E-state index contributed by atoms with van der Waals surface area (Å²) in [4.78, 5) is 14.3. The Hall–Kier alpha value is -1.49. The number of halogens is 2. The average molecular weight is 336 g/mol. The molecule has 3 atom stereocenters. The predicted molar refractivity (Wildman–Crippen MR) is 89.4 cm³/mol. The maximum Gasteiger partial charge on any atom is 0.225 e. The van der Waals surface area contributed by atoms with Crippen LogP contribution < -0.4 is 5.32 Å². The van der Waals surface area contributed by atoms with Crippen molar-refractivity contribution in [2.45, 2.75) is 51.6 Å². The van der Waals surface area contributed by atoms with E-state index in [9.17, 15) is 13.6 Å².